The Morgan fingerprint density at radius 1 is 1.40 bits per heavy atom. The third-order valence-corrected chi connectivity index (χ3v) is 2.13. The fourth-order valence-corrected chi connectivity index (χ4v) is 1.17. The summed E-state index contributed by atoms with van der Waals surface area (Å²) in [6, 6.07) is 7.87. The summed E-state index contributed by atoms with van der Waals surface area (Å²) in [5.74, 6) is 0.916. The van der Waals surface area contributed by atoms with Crippen LogP contribution in [0.5, 0.6) is 0 Å². The maximum Gasteiger partial charge on any atom is 0.102 e. The second kappa shape index (κ2) is 5.51. The van der Waals surface area contributed by atoms with E-state index in [1.54, 1.807) is 7.11 Å². The zero-order valence-electron chi connectivity index (χ0n) is 9.53. The molecule has 0 aliphatic heterocycles. The Morgan fingerprint density at radius 3 is 2.67 bits per heavy atom. The number of benzene rings is 1. The van der Waals surface area contributed by atoms with Crippen molar-refractivity contribution in [3.63, 3.8) is 0 Å². The predicted octanol–water partition coefficient (Wildman–Crippen LogP) is 2.48. The molecule has 1 rings (SSSR count). The van der Waals surface area contributed by atoms with Gasteiger partial charge in [-0.3, -0.25) is 0 Å². The second-order valence-electron chi connectivity index (χ2n) is 3.75. The molecule has 3 nitrogen and oxygen atoms in total. The SMILES string of the molecule is COCc1ccccc1N=C(N)C(C)C. The molecule has 82 valence electrons. The molecular formula is C12H18N2O. The van der Waals surface area contributed by atoms with E-state index in [-0.39, 0.29) is 5.92 Å². The van der Waals surface area contributed by atoms with Gasteiger partial charge in [0.25, 0.3) is 0 Å². The van der Waals surface area contributed by atoms with Gasteiger partial charge in [-0.1, -0.05) is 32.0 Å². The van der Waals surface area contributed by atoms with Crippen molar-refractivity contribution in [2.24, 2.45) is 16.6 Å². The van der Waals surface area contributed by atoms with Crippen LogP contribution in [0.25, 0.3) is 0 Å². The molecule has 0 atom stereocenters. The van der Waals surface area contributed by atoms with Crippen LogP contribution in [-0.4, -0.2) is 12.9 Å². The molecule has 0 radical (unpaired) electrons. The third kappa shape index (κ3) is 3.36. The highest BCUT2D eigenvalue weighted by Gasteiger charge is 2.03. The summed E-state index contributed by atoms with van der Waals surface area (Å²) in [5, 5.41) is 0. The van der Waals surface area contributed by atoms with Gasteiger partial charge in [0.15, 0.2) is 0 Å². The number of hydrogen-bond acceptors (Lipinski definition) is 2. The number of ether oxygens (including phenoxy) is 1. The number of aliphatic imine (C=N–C) groups is 1. The fourth-order valence-electron chi connectivity index (χ4n) is 1.17. The Bertz CT molecular complexity index is 345. The number of rotatable bonds is 4. The number of nitrogens with zero attached hydrogens (tertiary/aromatic N) is 1. The summed E-state index contributed by atoms with van der Waals surface area (Å²) in [4.78, 5) is 4.39. The largest absolute Gasteiger partial charge is 0.387 e. The first-order valence-electron chi connectivity index (χ1n) is 5.06. The van der Waals surface area contributed by atoms with Crippen LogP contribution in [0.15, 0.2) is 29.3 Å². The first-order valence-corrected chi connectivity index (χ1v) is 5.06. The van der Waals surface area contributed by atoms with E-state index in [9.17, 15) is 0 Å². The lowest BCUT2D eigenvalue weighted by atomic mass is 10.1. The summed E-state index contributed by atoms with van der Waals surface area (Å²) in [6.07, 6.45) is 0. The smallest absolute Gasteiger partial charge is 0.102 e. The normalized spacial score (nSPS) is 12.1. The molecule has 1 aromatic rings. The van der Waals surface area contributed by atoms with Crippen LogP contribution in [0.1, 0.15) is 19.4 Å². The molecule has 3 heteroatoms. The highest BCUT2D eigenvalue weighted by Crippen LogP contribution is 2.19. The van der Waals surface area contributed by atoms with Crippen LogP contribution in [0.3, 0.4) is 0 Å². The van der Waals surface area contributed by atoms with Crippen molar-refractivity contribution >= 4 is 11.5 Å². The van der Waals surface area contributed by atoms with Gasteiger partial charge in [-0.15, -0.1) is 0 Å². The molecule has 0 saturated carbocycles. The Kier molecular flexibility index (Phi) is 4.31. The average Bonchev–Trinajstić information content (AvgIpc) is 2.21. The van der Waals surface area contributed by atoms with E-state index >= 15 is 0 Å². The topological polar surface area (TPSA) is 47.6 Å². The summed E-state index contributed by atoms with van der Waals surface area (Å²) < 4.78 is 5.10. The Hall–Kier alpha value is -1.35. The molecule has 0 bridgehead atoms. The molecule has 0 fully saturated rings. The third-order valence-electron chi connectivity index (χ3n) is 2.13. The van der Waals surface area contributed by atoms with Crippen molar-refractivity contribution in [3.8, 4) is 0 Å². The van der Waals surface area contributed by atoms with Crippen molar-refractivity contribution in [1.29, 1.82) is 0 Å². The van der Waals surface area contributed by atoms with Crippen molar-refractivity contribution < 1.29 is 4.74 Å². The number of nitrogens with two attached hydrogens (primary N) is 1. The van der Waals surface area contributed by atoms with E-state index in [4.69, 9.17) is 10.5 Å². The van der Waals surface area contributed by atoms with Gasteiger partial charge in [0.05, 0.1) is 12.3 Å². The number of amidine groups is 1. The first-order chi connectivity index (χ1) is 7.15. The average molecular weight is 206 g/mol. The molecule has 0 aliphatic carbocycles. The Balaban J connectivity index is 2.98. The van der Waals surface area contributed by atoms with Crippen molar-refractivity contribution in [2.45, 2.75) is 20.5 Å². The molecule has 2 N–H and O–H groups in total. The van der Waals surface area contributed by atoms with E-state index in [0.29, 0.717) is 12.4 Å². The van der Waals surface area contributed by atoms with E-state index in [2.05, 4.69) is 4.99 Å². The fraction of sp³-hybridized carbons (Fsp3) is 0.417. The summed E-state index contributed by atoms with van der Waals surface area (Å²) in [5.41, 5.74) is 7.78. The lowest BCUT2D eigenvalue weighted by Gasteiger charge is -2.07. The van der Waals surface area contributed by atoms with Gasteiger partial charge in [-0.05, 0) is 6.07 Å². The van der Waals surface area contributed by atoms with Crippen molar-refractivity contribution in [1.82, 2.24) is 0 Å². The maximum atomic E-state index is 5.82. The lowest BCUT2D eigenvalue weighted by molar-refractivity contribution is 0.185. The Labute approximate surface area is 91.0 Å². The molecule has 0 heterocycles. The van der Waals surface area contributed by atoms with Gasteiger partial charge in [0.1, 0.15) is 5.84 Å². The quantitative estimate of drug-likeness (QED) is 0.607. The molecule has 0 aromatic heterocycles. The zero-order valence-corrected chi connectivity index (χ0v) is 9.53. The minimum atomic E-state index is 0.264. The van der Waals surface area contributed by atoms with Crippen LogP contribution >= 0.6 is 0 Å². The van der Waals surface area contributed by atoms with Crippen LogP contribution < -0.4 is 5.73 Å². The summed E-state index contributed by atoms with van der Waals surface area (Å²) >= 11 is 0. The monoisotopic (exact) mass is 206 g/mol. The number of methoxy groups -OCH3 is 1. The van der Waals surface area contributed by atoms with Gasteiger partial charge in [-0.25, -0.2) is 4.99 Å². The highest BCUT2D eigenvalue weighted by atomic mass is 16.5. The highest BCUT2D eigenvalue weighted by molar-refractivity contribution is 5.85. The molecule has 15 heavy (non-hydrogen) atoms. The molecule has 0 saturated heterocycles. The predicted molar refractivity (Wildman–Crippen MR) is 63.3 cm³/mol. The van der Waals surface area contributed by atoms with E-state index in [0.717, 1.165) is 11.3 Å². The van der Waals surface area contributed by atoms with Gasteiger partial charge >= 0.3 is 0 Å². The van der Waals surface area contributed by atoms with Gasteiger partial charge in [-0.2, -0.15) is 0 Å². The number of hydrogen-bond donors (Lipinski definition) is 1. The zero-order chi connectivity index (χ0) is 11.3. The van der Waals surface area contributed by atoms with Crippen LogP contribution in [0.4, 0.5) is 5.69 Å². The minimum Gasteiger partial charge on any atom is -0.387 e. The van der Waals surface area contributed by atoms with Gasteiger partial charge < -0.3 is 10.5 Å². The Morgan fingerprint density at radius 2 is 2.07 bits per heavy atom. The van der Waals surface area contributed by atoms with E-state index in [1.807, 2.05) is 38.1 Å². The lowest BCUT2D eigenvalue weighted by Crippen LogP contribution is -2.18. The summed E-state index contributed by atoms with van der Waals surface area (Å²) in [7, 11) is 1.67. The van der Waals surface area contributed by atoms with Crippen LogP contribution in [0, 0.1) is 5.92 Å². The number of para-hydroxylation sites is 1. The van der Waals surface area contributed by atoms with Gasteiger partial charge in [0, 0.05) is 18.6 Å². The minimum absolute atomic E-state index is 0.264. The van der Waals surface area contributed by atoms with Crippen LogP contribution in [-0.2, 0) is 11.3 Å². The van der Waals surface area contributed by atoms with Crippen molar-refractivity contribution in [3.05, 3.63) is 29.8 Å². The van der Waals surface area contributed by atoms with E-state index < -0.39 is 0 Å². The van der Waals surface area contributed by atoms with Crippen molar-refractivity contribution in [2.75, 3.05) is 7.11 Å². The molecule has 0 amide bonds. The molecule has 0 aliphatic rings. The molecule has 1 aromatic carbocycles. The standard InChI is InChI=1S/C12H18N2O/c1-9(2)12(13)14-11-7-5-4-6-10(11)8-15-3/h4-7,9H,8H2,1-3H3,(H2,13,14). The van der Waals surface area contributed by atoms with Crippen LogP contribution in [0.2, 0.25) is 0 Å². The molecular weight excluding hydrogens is 188 g/mol. The molecule has 0 spiro atoms. The molecule has 0 unspecified atom stereocenters. The summed E-state index contributed by atoms with van der Waals surface area (Å²) in [6.45, 7) is 4.61. The first kappa shape index (κ1) is 11.7. The van der Waals surface area contributed by atoms with Gasteiger partial charge in [0.2, 0.25) is 0 Å². The maximum absolute atomic E-state index is 5.82. The second-order valence-corrected chi connectivity index (χ2v) is 3.75. The van der Waals surface area contributed by atoms with E-state index in [1.165, 1.54) is 0 Å².